The molecule has 0 aromatic heterocycles. The first-order valence-electron chi connectivity index (χ1n) is 6.87. The number of halogens is 5. The number of alkyl halides is 3. The van der Waals surface area contributed by atoms with E-state index in [1.54, 1.807) is 19.1 Å². The van der Waals surface area contributed by atoms with E-state index < -0.39 is 12.2 Å². The summed E-state index contributed by atoms with van der Waals surface area (Å²) in [6.45, 7) is 3.94. The van der Waals surface area contributed by atoms with Gasteiger partial charge in [-0.25, -0.2) is 0 Å². The molecule has 1 aliphatic heterocycles. The molecule has 1 saturated heterocycles. The molecule has 0 unspecified atom stereocenters. The van der Waals surface area contributed by atoms with Crippen molar-refractivity contribution in [2.24, 2.45) is 0 Å². The van der Waals surface area contributed by atoms with Gasteiger partial charge >= 0.3 is 6.18 Å². The van der Waals surface area contributed by atoms with Crippen LogP contribution in [0.25, 0.3) is 0 Å². The van der Waals surface area contributed by atoms with Crippen LogP contribution in [0.1, 0.15) is 18.5 Å². The molecule has 1 atom stereocenters. The molecule has 1 heterocycles. The molecule has 0 saturated carbocycles. The Morgan fingerprint density at radius 2 is 1.95 bits per heavy atom. The van der Waals surface area contributed by atoms with Crippen molar-refractivity contribution in [1.29, 1.82) is 0 Å². The Bertz CT molecular complexity index is 482. The highest BCUT2D eigenvalue weighted by Crippen LogP contribution is 2.42. The minimum Gasteiger partial charge on any atom is -0.494 e. The third kappa shape index (κ3) is 4.75. The number of benzene rings is 1. The topological polar surface area (TPSA) is 24.5 Å². The summed E-state index contributed by atoms with van der Waals surface area (Å²) in [4.78, 5) is 1.46. The van der Waals surface area contributed by atoms with Gasteiger partial charge in [0.05, 0.1) is 6.61 Å². The fourth-order valence-electron chi connectivity index (χ4n) is 2.54. The molecule has 0 spiro atoms. The first kappa shape index (κ1) is 19.5. The van der Waals surface area contributed by atoms with Gasteiger partial charge in [-0.2, -0.15) is 13.2 Å². The van der Waals surface area contributed by atoms with Crippen molar-refractivity contribution in [3.63, 3.8) is 0 Å². The highest BCUT2D eigenvalue weighted by molar-refractivity contribution is 9.10. The molecule has 0 amide bonds. The van der Waals surface area contributed by atoms with E-state index in [2.05, 4.69) is 21.2 Å². The lowest BCUT2D eigenvalue weighted by Crippen LogP contribution is -2.49. The van der Waals surface area contributed by atoms with Crippen LogP contribution in [0, 0.1) is 0 Å². The second-order valence-corrected chi connectivity index (χ2v) is 5.76. The standard InChI is InChI=1S/C14H18BrF3N2O.ClH/c1-2-21-12-4-3-10(15)9-11(12)13(14(16,17)18)20-7-5-19-6-8-20;/h3-4,9,13,19H,2,5-8H2,1H3;1H/t13-;/m1./s1. The van der Waals surface area contributed by atoms with Crippen molar-refractivity contribution >= 4 is 28.3 Å². The third-order valence-corrected chi connectivity index (χ3v) is 3.89. The molecule has 0 bridgehead atoms. The fraction of sp³-hybridized carbons (Fsp3) is 0.571. The summed E-state index contributed by atoms with van der Waals surface area (Å²) < 4.78 is 46.8. The lowest BCUT2D eigenvalue weighted by molar-refractivity contribution is -0.188. The van der Waals surface area contributed by atoms with Crippen LogP contribution in [0.3, 0.4) is 0 Å². The number of ether oxygens (including phenoxy) is 1. The maximum atomic E-state index is 13.6. The molecule has 1 aliphatic rings. The average Bonchev–Trinajstić information content (AvgIpc) is 2.42. The van der Waals surface area contributed by atoms with Gasteiger partial charge in [0.25, 0.3) is 0 Å². The molecule has 1 N–H and O–H groups in total. The zero-order chi connectivity index (χ0) is 15.5. The van der Waals surface area contributed by atoms with Crippen molar-refractivity contribution < 1.29 is 17.9 Å². The second-order valence-electron chi connectivity index (χ2n) is 4.85. The van der Waals surface area contributed by atoms with E-state index in [9.17, 15) is 13.2 Å². The minimum absolute atomic E-state index is 0. The second kappa shape index (κ2) is 8.38. The Balaban J connectivity index is 0.00000242. The van der Waals surface area contributed by atoms with Crippen molar-refractivity contribution in [3.05, 3.63) is 28.2 Å². The van der Waals surface area contributed by atoms with E-state index in [1.165, 1.54) is 11.0 Å². The van der Waals surface area contributed by atoms with E-state index in [1.807, 2.05) is 0 Å². The van der Waals surface area contributed by atoms with Gasteiger partial charge in [0, 0.05) is 36.2 Å². The summed E-state index contributed by atoms with van der Waals surface area (Å²) in [6, 6.07) is 3.15. The predicted molar refractivity (Wildman–Crippen MR) is 85.8 cm³/mol. The van der Waals surface area contributed by atoms with Crippen LogP contribution in [0.5, 0.6) is 5.75 Å². The molecule has 3 nitrogen and oxygen atoms in total. The van der Waals surface area contributed by atoms with E-state index in [0.717, 1.165) is 0 Å². The van der Waals surface area contributed by atoms with Gasteiger partial charge in [0.2, 0.25) is 0 Å². The van der Waals surface area contributed by atoms with Gasteiger partial charge in [0.1, 0.15) is 11.8 Å². The molecule has 1 aromatic rings. The number of hydrogen-bond donors (Lipinski definition) is 1. The van der Waals surface area contributed by atoms with Crippen LogP contribution in [0.2, 0.25) is 0 Å². The first-order valence-corrected chi connectivity index (χ1v) is 7.66. The SMILES string of the molecule is CCOc1ccc(Br)cc1[C@@H](N1CCNCC1)C(F)(F)F.Cl. The van der Waals surface area contributed by atoms with Gasteiger partial charge in [-0.15, -0.1) is 12.4 Å². The molecule has 126 valence electrons. The quantitative estimate of drug-likeness (QED) is 0.828. The van der Waals surface area contributed by atoms with Gasteiger partial charge in [-0.1, -0.05) is 15.9 Å². The molecule has 1 fully saturated rings. The Morgan fingerprint density at radius 3 is 2.50 bits per heavy atom. The van der Waals surface area contributed by atoms with E-state index >= 15 is 0 Å². The van der Waals surface area contributed by atoms with Gasteiger partial charge in [-0.3, -0.25) is 4.90 Å². The van der Waals surface area contributed by atoms with E-state index in [-0.39, 0.29) is 18.0 Å². The Morgan fingerprint density at radius 1 is 1.32 bits per heavy atom. The summed E-state index contributed by atoms with van der Waals surface area (Å²) in [5.41, 5.74) is 0.167. The van der Waals surface area contributed by atoms with Crippen LogP contribution in [0.15, 0.2) is 22.7 Å². The molecule has 22 heavy (non-hydrogen) atoms. The summed E-state index contributed by atoms with van der Waals surface area (Å²) >= 11 is 3.25. The summed E-state index contributed by atoms with van der Waals surface area (Å²) in [7, 11) is 0. The lowest BCUT2D eigenvalue weighted by Gasteiger charge is -2.36. The Labute approximate surface area is 142 Å². The molecule has 0 aliphatic carbocycles. The summed E-state index contributed by atoms with van der Waals surface area (Å²) in [6.07, 6.45) is -4.34. The van der Waals surface area contributed by atoms with Crippen LogP contribution < -0.4 is 10.1 Å². The molecular formula is C14H19BrClF3N2O. The summed E-state index contributed by atoms with van der Waals surface area (Å²) in [5.74, 6) is 0.293. The van der Waals surface area contributed by atoms with Crippen LogP contribution in [0.4, 0.5) is 13.2 Å². The normalized spacial score (nSPS) is 17.7. The maximum Gasteiger partial charge on any atom is 0.408 e. The number of hydrogen-bond acceptors (Lipinski definition) is 3. The zero-order valence-corrected chi connectivity index (χ0v) is 14.5. The Kier molecular flexibility index (Phi) is 7.45. The smallest absolute Gasteiger partial charge is 0.408 e. The van der Waals surface area contributed by atoms with E-state index in [4.69, 9.17) is 4.74 Å². The highest BCUT2D eigenvalue weighted by atomic mass is 79.9. The number of nitrogens with one attached hydrogen (secondary N) is 1. The summed E-state index contributed by atoms with van der Waals surface area (Å²) in [5, 5.41) is 3.07. The average molecular weight is 404 g/mol. The van der Waals surface area contributed by atoms with Gasteiger partial charge < -0.3 is 10.1 Å². The Hall–Kier alpha value is -0.500. The largest absolute Gasteiger partial charge is 0.494 e. The van der Waals surface area contributed by atoms with Crippen LogP contribution in [-0.4, -0.2) is 43.9 Å². The van der Waals surface area contributed by atoms with Crippen molar-refractivity contribution in [2.45, 2.75) is 19.1 Å². The third-order valence-electron chi connectivity index (χ3n) is 3.39. The van der Waals surface area contributed by atoms with Crippen LogP contribution in [-0.2, 0) is 0 Å². The maximum absolute atomic E-state index is 13.6. The van der Waals surface area contributed by atoms with Crippen molar-refractivity contribution in [3.8, 4) is 5.75 Å². The lowest BCUT2D eigenvalue weighted by atomic mass is 10.0. The zero-order valence-electron chi connectivity index (χ0n) is 12.1. The molecular weight excluding hydrogens is 385 g/mol. The first-order chi connectivity index (χ1) is 9.93. The number of nitrogens with zero attached hydrogens (tertiary/aromatic N) is 1. The van der Waals surface area contributed by atoms with Crippen molar-refractivity contribution in [1.82, 2.24) is 10.2 Å². The van der Waals surface area contributed by atoms with E-state index in [0.29, 0.717) is 43.0 Å². The van der Waals surface area contributed by atoms with Crippen molar-refractivity contribution in [2.75, 3.05) is 32.8 Å². The molecule has 2 rings (SSSR count). The van der Waals surface area contributed by atoms with Crippen LogP contribution >= 0.6 is 28.3 Å². The van der Waals surface area contributed by atoms with Gasteiger partial charge in [0.15, 0.2) is 0 Å². The number of rotatable bonds is 4. The predicted octanol–water partition coefficient (Wildman–Crippen LogP) is 3.78. The van der Waals surface area contributed by atoms with Gasteiger partial charge in [-0.05, 0) is 25.1 Å². The minimum atomic E-state index is -4.34. The molecule has 1 aromatic carbocycles. The number of piperazine rings is 1. The molecule has 8 heteroatoms. The molecule has 0 radical (unpaired) electrons. The highest BCUT2D eigenvalue weighted by Gasteiger charge is 2.46. The monoisotopic (exact) mass is 402 g/mol. The fourth-order valence-corrected chi connectivity index (χ4v) is 2.92.